The summed E-state index contributed by atoms with van der Waals surface area (Å²) in [6.45, 7) is 3.32. The summed E-state index contributed by atoms with van der Waals surface area (Å²) in [5, 5.41) is 4.50. The third-order valence-corrected chi connectivity index (χ3v) is 4.41. The molecule has 0 spiro atoms. The molecule has 0 aromatic heterocycles. The quantitative estimate of drug-likeness (QED) is 0.529. The topological polar surface area (TPSA) is 50.8 Å². The van der Waals surface area contributed by atoms with Gasteiger partial charge in [0.2, 0.25) is 0 Å². The summed E-state index contributed by atoms with van der Waals surface area (Å²) < 4.78 is 5.46. The largest absolute Gasteiger partial charge is 0.378 e. The van der Waals surface area contributed by atoms with Crippen LogP contribution in [-0.2, 0) is 4.74 Å². The molecule has 0 unspecified atom stereocenters. The van der Waals surface area contributed by atoms with E-state index < -0.39 is 0 Å². The fourth-order valence-corrected chi connectivity index (χ4v) is 3.23. The van der Waals surface area contributed by atoms with Gasteiger partial charge in [0.25, 0.3) is 0 Å². The summed E-state index contributed by atoms with van der Waals surface area (Å²) in [5.41, 5.74) is 4.79. The van der Waals surface area contributed by atoms with Crippen LogP contribution in [0.2, 0.25) is 5.02 Å². The van der Waals surface area contributed by atoms with E-state index in [9.17, 15) is 0 Å². The first kappa shape index (κ1) is 15.1. The zero-order valence-corrected chi connectivity index (χ0v) is 13.2. The average molecular weight is 318 g/mol. The van der Waals surface area contributed by atoms with Crippen LogP contribution in [-0.4, -0.2) is 37.4 Å². The normalized spacial score (nSPS) is 21.3. The zero-order valence-electron chi connectivity index (χ0n) is 12.5. The number of halogens is 1. The van der Waals surface area contributed by atoms with E-state index in [1.807, 2.05) is 24.3 Å². The highest BCUT2D eigenvalue weighted by Crippen LogP contribution is 2.35. The van der Waals surface area contributed by atoms with Gasteiger partial charge in [-0.1, -0.05) is 29.8 Å². The molecule has 1 heterocycles. The third kappa shape index (κ3) is 3.18. The molecule has 1 aliphatic carbocycles. The Morgan fingerprint density at radius 3 is 2.68 bits per heavy atom. The van der Waals surface area contributed by atoms with Crippen molar-refractivity contribution in [3.63, 3.8) is 0 Å². The van der Waals surface area contributed by atoms with Gasteiger partial charge in [0.05, 0.1) is 19.4 Å². The molecule has 1 saturated heterocycles. The first-order valence-electron chi connectivity index (χ1n) is 7.54. The van der Waals surface area contributed by atoms with Crippen molar-refractivity contribution in [1.82, 2.24) is 4.90 Å². The van der Waals surface area contributed by atoms with Crippen molar-refractivity contribution in [2.45, 2.75) is 12.8 Å². The molecule has 0 saturated carbocycles. The van der Waals surface area contributed by atoms with Crippen molar-refractivity contribution in [2.24, 2.45) is 10.9 Å². The maximum absolute atomic E-state index is 6.29. The van der Waals surface area contributed by atoms with Gasteiger partial charge in [0, 0.05) is 23.8 Å². The molecule has 0 amide bonds. The lowest BCUT2D eigenvalue weighted by Gasteiger charge is -2.31. The van der Waals surface area contributed by atoms with Crippen LogP contribution in [0.5, 0.6) is 0 Å². The number of rotatable bonds is 3. The molecule has 1 fully saturated rings. The Balaban J connectivity index is 1.98. The van der Waals surface area contributed by atoms with Gasteiger partial charge in [-0.25, -0.2) is 0 Å². The molecule has 1 aromatic rings. The van der Waals surface area contributed by atoms with E-state index in [1.54, 1.807) is 6.21 Å². The molecular formula is C17H20ClN3O. The van der Waals surface area contributed by atoms with Gasteiger partial charge in [-0.05, 0) is 41.7 Å². The molecule has 5 heteroatoms. The lowest BCUT2D eigenvalue weighted by Crippen LogP contribution is -2.36. The molecule has 22 heavy (non-hydrogen) atoms. The van der Waals surface area contributed by atoms with E-state index in [0.29, 0.717) is 0 Å². The molecule has 4 nitrogen and oxygen atoms in total. The molecule has 2 aliphatic rings. The molecule has 0 atom stereocenters. The van der Waals surface area contributed by atoms with Crippen LogP contribution in [0.4, 0.5) is 0 Å². The van der Waals surface area contributed by atoms with E-state index in [-0.39, 0.29) is 0 Å². The predicted octanol–water partition coefficient (Wildman–Crippen LogP) is 3.05. The van der Waals surface area contributed by atoms with Crippen molar-refractivity contribution in [3.05, 3.63) is 51.7 Å². The number of hydrogen-bond donors (Lipinski definition) is 1. The Hall–Kier alpha value is -1.78. The smallest absolute Gasteiger partial charge is 0.0642 e. The Morgan fingerprint density at radius 1 is 1.18 bits per heavy atom. The summed E-state index contributed by atoms with van der Waals surface area (Å²) >= 11 is 6.29. The molecule has 116 valence electrons. The molecule has 2 N–H and O–H groups in total. The van der Waals surface area contributed by atoms with E-state index >= 15 is 0 Å². The maximum Gasteiger partial charge on any atom is 0.0642 e. The fraction of sp³-hybridized carbons (Fsp3) is 0.353. The van der Waals surface area contributed by atoms with Crippen molar-refractivity contribution in [1.29, 1.82) is 0 Å². The summed E-state index contributed by atoms with van der Waals surface area (Å²) in [6, 6.07) is 7.92. The fourth-order valence-electron chi connectivity index (χ4n) is 3.04. The number of hydrazone groups is 1. The minimum atomic E-state index is 0.760. The van der Waals surface area contributed by atoms with Crippen LogP contribution in [0, 0.1) is 0 Å². The van der Waals surface area contributed by atoms with Gasteiger partial charge < -0.3 is 15.5 Å². The van der Waals surface area contributed by atoms with Crippen LogP contribution in [0.1, 0.15) is 18.4 Å². The third-order valence-electron chi connectivity index (χ3n) is 4.06. The first-order chi connectivity index (χ1) is 10.8. The number of nitrogens with two attached hydrogens (primary N) is 1. The molecular weight excluding hydrogens is 298 g/mol. The second-order valence-corrected chi connectivity index (χ2v) is 5.85. The summed E-state index contributed by atoms with van der Waals surface area (Å²) in [4.78, 5) is 2.37. The molecule has 1 aromatic carbocycles. The lowest BCUT2D eigenvalue weighted by molar-refractivity contribution is 0.0548. The van der Waals surface area contributed by atoms with Gasteiger partial charge in [0.15, 0.2) is 0 Å². The lowest BCUT2D eigenvalue weighted by atomic mass is 10.1. The zero-order chi connectivity index (χ0) is 15.4. The number of allylic oxidation sites excluding steroid dienone is 2. The average Bonchev–Trinajstić information content (AvgIpc) is 2.93. The second kappa shape index (κ2) is 6.99. The number of ether oxygens (including phenoxy) is 1. The van der Waals surface area contributed by atoms with Gasteiger partial charge >= 0.3 is 0 Å². The Morgan fingerprint density at radius 2 is 1.95 bits per heavy atom. The Labute approximate surface area is 135 Å². The number of morpholine rings is 1. The van der Waals surface area contributed by atoms with Gasteiger partial charge in [0.1, 0.15) is 0 Å². The van der Waals surface area contributed by atoms with Crippen molar-refractivity contribution < 1.29 is 4.74 Å². The molecule has 3 rings (SSSR count). The maximum atomic E-state index is 6.29. The van der Waals surface area contributed by atoms with E-state index in [1.165, 1.54) is 16.8 Å². The standard InChI is InChI=1S/C17H20ClN3O/c18-16-4-2-1-3-13(16)11-14-5-6-15(12-20-19)17(14)21-7-9-22-10-8-21/h1-4,11-12H,5-10,19H2. The minimum absolute atomic E-state index is 0.760. The van der Waals surface area contributed by atoms with E-state index in [4.69, 9.17) is 22.2 Å². The van der Waals surface area contributed by atoms with Gasteiger partial charge in [-0.3, -0.25) is 0 Å². The Bertz CT molecular complexity index is 631. The SMILES string of the molecule is NN=CC1=C(N2CCOCC2)C(=Cc2ccccc2Cl)CC1. The van der Waals surface area contributed by atoms with Crippen molar-refractivity contribution >= 4 is 23.9 Å². The van der Waals surface area contributed by atoms with Crippen LogP contribution in [0.15, 0.2) is 46.2 Å². The van der Waals surface area contributed by atoms with Crippen LogP contribution in [0.3, 0.4) is 0 Å². The van der Waals surface area contributed by atoms with Crippen molar-refractivity contribution in [3.8, 4) is 0 Å². The van der Waals surface area contributed by atoms with Gasteiger partial charge in [-0.15, -0.1) is 0 Å². The van der Waals surface area contributed by atoms with E-state index in [2.05, 4.69) is 16.1 Å². The highest BCUT2D eigenvalue weighted by molar-refractivity contribution is 6.32. The Kier molecular flexibility index (Phi) is 4.80. The number of hydrogen-bond acceptors (Lipinski definition) is 4. The number of benzene rings is 1. The van der Waals surface area contributed by atoms with Crippen LogP contribution < -0.4 is 5.84 Å². The minimum Gasteiger partial charge on any atom is -0.378 e. The molecule has 0 radical (unpaired) electrons. The van der Waals surface area contributed by atoms with E-state index in [0.717, 1.165) is 49.7 Å². The van der Waals surface area contributed by atoms with Gasteiger partial charge in [-0.2, -0.15) is 5.10 Å². The van der Waals surface area contributed by atoms with Crippen molar-refractivity contribution in [2.75, 3.05) is 26.3 Å². The summed E-state index contributed by atoms with van der Waals surface area (Å²) in [7, 11) is 0. The second-order valence-electron chi connectivity index (χ2n) is 5.44. The molecule has 0 bridgehead atoms. The summed E-state index contributed by atoms with van der Waals surface area (Å²) in [5.74, 6) is 5.37. The monoisotopic (exact) mass is 317 g/mol. The molecule has 1 aliphatic heterocycles. The highest BCUT2D eigenvalue weighted by atomic mass is 35.5. The summed E-state index contributed by atoms with van der Waals surface area (Å²) in [6.07, 6.45) is 5.91. The first-order valence-corrected chi connectivity index (χ1v) is 7.92. The van der Waals surface area contributed by atoms with Crippen LogP contribution >= 0.6 is 11.6 Å². The predicted molar refractivity (Wildman–Crippen MR) is 90.8 cm³/mol. The highest BCUT2D eigenvalue weighted by Gasteiger charge is 2.25. The van der Waals surface area contributed by atoms with Crippen LogP contribution in [0.25, 0.3) is 6.08 Å². The number of nitrogens with zero attached hydrogens (tertiary/aromatic N) is 2.